The first-order chi connectivity index (χ1) is 12.1. The summed E-state index contributed by atoms with van der Waals surface area (Å²) in [5.41, 5.74) is 10.1. The number of nitrogens with one attached hydrogen (secondary N) is 1. The average Bonchev–Trinajstić information content (AvgIpc) is 3.35. The van der Waals surface area contributed by atoms with Crippen molar-refractivity contribution in [3.05, 3.63) is 53.6 Å². The van der Waals surface area contributed by atoms with Crippen LogP contribution in [0.1, 0.15) is 28.8 Å². The van der Waals surface area contributed by atoms with Crippen molar-refractivity contribution in [2.45, 2.75) is 18.9 Å². The number of hydrogen-bond acceptors (Lipinski definition) is 4. The van der Waals surface area contributed by atoms with E-state index in [0.717, 1.165) is 40.8 Å². The molecule has 2 aromatic carbocycles. The first-order valence-corrected chi connectivity index (χ1v) is 8.16. The number of nitrogens with two attached hydrogens (primary N) is 1. The molecule has 25 heavy (non-hydrogen) atoms. The van der Waals surface area contributed by atoms with E-state index in [1.807, 2.05) is 30.3 Å². The van der Waals surface area contributed by atoms with E-state index in [1.54, 1.807) is 12.1 Å². The monoisotopic (exact) mass is 334 g/mol. The summed E-state index contributed by atoms with van der Waals surface area (Å²) in [5.74, 6) is 0.954. The number of H-pyrrole nitrogens is 1. The van der Waals surface area contributed by atoms with Gasteiger partial charge in [0.15, 0.2) is 0 Å². The van der Waals surface area contributed by atoms with E-state index in [0.29, 0.717) is 17.4 Å². The molecule has 0 unspecified atom stereocenters. The molecule has 6 heteroatoms. The second-order valence-corrected chi connectivity index (χ2v) is 6.13. The van der Waals surface area contributed by atoms with Crippen molar-refractivity contribution in [3.8, 4) is 11.4 Å². The number of aromatic nitrogens is 2. The molecule has 1 aliphatic carbocycles. The summed E-state index contributed by atoms with van der Waals surface area (Å²) in [6, 6.07) is 13.4. The smallest absolute Gasteiger partial charge is 0.337 e. The van der Waals surface area contributed by atoms with Crippen molar-refractivity contribution in [1.82, 2.24) is 9.97 Å². The Balaban J connectivity index is 1.65. The maximum Gasteiger partial charge on any atom is 0.337 e. The van der Waals surface area contributed by atoms with Crippen LogP contribution in [-0.2, 0) is 4.74 Å². The molecule has 3 aromatic rings. The molecule has 1 aromatic heterocycles. The van der Waals surface area contributed by atoms with Gasteiger partial charge in [-0.2, -0.15) is 0 Å². The van der Waals surface area contributed by atoms with E-state index < -0.39 is 0 Å². The number of nitrogens with zero attached hydrogens (tertiary/aromatic N) is 2. The van der Waals surface area contributed by atoms with Crippen LogP contribution in [0.15, 0.2) is 47.5 Å². The zero-order valence-electron chi connectivity index (χ0n) is 13.8. The lowest BCUT2D eigenvalue weighted by molar-refractivity contribution is 0.0601. The van der Waals surface area contributed by atoms with Gasteiger partial charge in [0, 0.05) is 11.1 Å². The molecule has 0 saturated heterocycles. The third kappa shape index (κ3) is 3.10. The third-order valence-electron chi connectivity index (χ3n) is 4.23. The van der Waals surface area contributed by atoms with Crippen molar-refractivity contribution >= 4 is 22.8 Å². The number of rotatable bonds is 4. The van der Waals surface area contributed by atoms with E-state index in [2.05, 4.69) is 15.0 Å². The lowest BCUT2D eigenvalue weighted by Gasteiger charge is -2.00. The highest BCUT2D eigenvalue weighted by Crippen LogP contribution is 2.25. The van der Waals surface area contributed by atoms with Gasteiger partial charge in [0.2, 0.25) is 0 Å². The molecule has 126 valence electrons. The molecule has 3 N–H and O–H groups in total. The van der Waals surface area contributed by atoms with Gasteiger partial charge in [0.05, 0.1) is 29.7 Å². The maximum absolute atomic E-state index is 11.5. The number of imidazole rings is 1. The van der Waals surface area contributed by atoms with Crippen LogP contribution in [0.3, 0.4) is 0 Å². The highest BCUT2D eigenvalue weighted by molar-refractivity contribution is 6.00. The average molecular weight is 334 g/mol. The predicted octanol–water partition coefficient (Wildman–Crippen LogP) is 2.88. The van der Waals surface area contributed by atoms with Gasteiger partial charge in [0.1, 0.15) is 11.7 Å². The number of hydrogen-bond donors (Lipinski definition) is 2. The molecular weight excluding hydrogens is 316 g/mol. The van der Waals surface area contributed by atoms with Gasteiger partial charge in [0.25, 0.3) is 0 Å². The van der Waals surface area contributed by atoms with Gasteiger partial charge in [-0.15, -0.1) is 0 Å². The van der Waals surface area contributed by atoms with Gasteiger partial charge < -0.3 is 15.5 Å². The number of fused-ring (bicyclic) bond motifs is 1. The lowest BCUT2D eigenvalue weighted by Crippen LogP contribution is -2.14. The van der Waals surface area contributed by atoms with E-state index in [-0.39, 0.29) is 5.97 Å². The molecule has 0 amide bonds. The first-order valence-electron chi connectivity index (χ1n) is 8.16. The largest absolute Gasteiger partial charge is 0.465 e. The number of methoxy groups -OCH3 is 1. The van der Waals surface area contributed by atoms with Crippen LogP contribution < -0.4 is 5.73 Å². The normalized spacial score (nSPS) is 14.7. The number of carbonyl (C=O) groups is 1. The molecule has 0 spiro atoms. The minimum absolute atomic E-state index is 0.355. The van der Waals surface area contributed by atoms with Gasteiger partial charge in [-0.05, 0) is 43.2 Å². The Labute approximate surface area is 144 Å². The minimum atomic E-state index is -0.355. The molecule has 1 heterocycles. The van der Waals surface area contributed by atoms with Crippen LogP contribution in [0, 0.1) is 0 Å². The minimum Gasteiger partial charge on any atom is -0.465 e. The fraction of sp³-hybridized carbons (Fsp3) is 0.211. The summed E-state index contributed by atoms with van der Waals surface area (Å²) in [5, 5.41) is 0. The third-order valence-corrected chi connectivity index (χ3v) is 4.23. The Bertz CT molecular complexity index is 969. The molecule has 1 aliphatic rings. The van der Waals surface area contributed by atoms with Crippen LogP contribution in [0.25, 0.3) is 22.4 Å². The van der Waals surface area contributed by atoms with Crippen LogP contribution in [-0.4, -0.2) is 34.9 Å². The molecule has 4 rings (SSSR count). The van der Waals surface area contributed by atoms with Crippen LogP contribution in [0.2, 0.25) is 0 Å². The Morgan fingerprint density at radius 1 is 1.20 bits per heavy atom. The second-order valence-electron chi connectivity index (χ2n) is 6.13. The SMILES string of the molecule is COC(=O)c1ccc(-c2nc3ccc(C(N)=NC4CC4)cc3[nH]2)cc1. The molecule has 0 radical (unpaired) electrons. The van der Waals surface area contributed by atoms with Crippen LogP contribution >= 0.6 is 0 Å². The highest BCUT2D eigenvalue weighted by atomic mass is 16.5. The summed E-state index contributed by atoms with van der Waals surface area (Å²) in [6.45, 7) is 0. The van der Waals surface area contributed by atoms with Crippen molar-refractivity contribution in [1.29, 1.82) is 0 Å². The molecule has 1 fully saturated rings. The van der Waals surface area contributed by atoms with Crippen molar-refractivity contribution < 1.29 is 9.53 Å². The highest BCUT2D eigenvalue weighted by Gasteiger charge is 2.20. The standard InChI is InChI=1S/C19H18N4O2/c1-25-19(24)12-4-2-11(3-5-12)18-22-15-9-6-13(10-16(15)23-18)17(20)21-14-7-8-14/h2-6,9-10,14H,7-8H2,1H3,(H2,20,21)(H,22,23). The van der Waals surface area contributed by atoms with Gasteiger partial charge in [-0.3, -0.25) is 4.99 Å². The number of amidine groups is 1. The molecule has 0 aliphatic heterocycles. The zero-order valence-corrected chi connectivity index (χ0v) is 13.8. The Kier molecular flexibility index (Phi) is 3.72. The summed E-state index contributed by atoms with van der Waals surface area (Å²) in [7, 11) is 1.37. The molecule has 0 atom stereocenters. The Morgan fingerprint density at radius 2 is 1.92 bits per heavy atom. The van der Waals surface area contributed by atoms with E-state index in [4.69, 9.17) is 10.5 Å². The number of ether oxygens (including phenoxy) is 1. The summed E-state index contributed by atoms with van der Waals surface area (Å²) in [4.78, 5) is 23.9. The molecule has 6 nitrogen and oxygen atoms in total. The second kappa shape index (κ2) is 6.05. The van der Waals surface area contributed by atoms with Gasteiger partial charge >= 0.3 is 5.97 Å². The zero-order chi connectivity index (χ0) is 17.4. The number of benzene rings is 2. The van der Waals surface area contributed by atoms with E-state index in [1.165, 1.54) is 7.11 Å². The Morgan fingerprint density at radius 3 is 2.60 bits per heavy atom. The summed E-state index contributed by atoms with van der Waals surface area (Å²) in [6.07, 6.45) is 2.25. The molecular formula is C19H18N4O2. The number of carbonyl (C=O) groups excluding carboxylic acids is 1. The first kappa shape index (κ1) is 15.4. The fourth-order valence-corrected chi connectivity index (χ4v) is 2.66. The van der Waals surface area contributed by atoms with Crippen LogP contribution in [0.5, 0.6) is 0 Å². The van der Waals surface area contributed by atoms with Crippen molar-refractivity contribution in [3.63, 3.8) is 0 Å². The lowest BCUT2D eigenvalue weighted by atomic mass is 10.1. The van der Waals surface area contributed by atoms with E-state index >= 15 is 0 Å². The van der Waals surface area contributed by atoms with Gasteiger partial charge in [-0.1, -0.05) is 12.1 Å². The number of aliphatic imine (C=N–C) groups is 1. The molecule has 0 bridgehead atoms. The summed E-state index contributed by atoms with van der Waals surface area (Å²) >= 11 is 0. The molecule has 1 saturated carbocycles. The van der Waals surface area contributed by atoms with Crippen LogP contribution in [0.4, 0.5) is 0 Å². The quantitative estimate of drug-likeness (QED) is 0.436. The summed E-state index contributed by atoms with van der Waals surface area (Å²) < 4.78 is 4.71. The van der Waals surface area contributed by atoms with E-state index in [9.17, 15) is 4.79 Å². The van der Waals surface area contributed by atoms with Crippen molar-refractivity contribution in [2.24, 2.45) is 10.7 Å². The Hall–Kier alpha value is -3.15. The number of esters is 1. The van der Waals surface area contributed by atoms with Crippen molar-refractivity contribution in [2.75, 3.05) is 7.11 Å². The predicted molar refractivity (Wildman–Crippen MR) is 96.6 cm³/mol. The maximum atomic E-state index is 11.5. The topological polar surface area (TPSA) is 93.4 Å². The fourth-order valence-electron chi connectivity index (χ4n) is 2.66. The number of aromatic amines is 1. The van der Waals surface area contributed by atoms with Gasteiger partial charge in [-0.25, -0.2) is 9.78 Å².